The van der Waals surface area contributed by atoms with E-state index in [0.29, 0.717) is 5.92 Å². The van der Waals surface area contributed by atoms with Gasteiger partial charge < -0.3 is 4.40 Å². The molecule has 1 unspecified atom stereocenters. The molecule has 15 heavy (non-hydrogen) atoms. The molecule has 1 saturated heterocycles. The summed E-state index contributed by atoms with van der Waals surface area (Å²) >= 11 is 5.53. The second-order valence-electron chi connectivity index (χ2n) is 3.82. The number of aromatic nitrogens is 2. The van der Waals surface area contributed by atoms with Gasteiger partial charge in [0, 0.05) is 22.3 Å². The number of fused-ring (bicyclic) bond motifs is 1. The van der Waals surface area contributed by atoms with Gasteiger partial charge >= 0.3 is 0 Å². The molecule has 3 heterocycles. The van der Waals surface area contributed by atoms with Crippen LogP contribution in [0.2, 0.25) is 0 Å². The van der Waals surface area contributed by atoms with Crippen molar-refractivity contribution in [3.05, 3.63) is 34.8 Å². The highest BCUT2D eigenvalue weighted by Gasteiger charge is 2.21. The molecular weight excluding hydrogens is 272 g/mol. The Balaban J connectivity index is 2.13. The van der Waals surface area contributed by atoms with Crippen LogP contribution in [0.15, 0.2) is 29.0 Å². The van der Waals surface area contributed by atoms with Gasteiger partial charge in [-0.15, -0.1) is 0 Å². The molecule has 1 atom stereocenters. The van der Waals surface area contributed by atoms with Crippen LogP contribution in [0.4, 0.5) is 0 Å². The normalized spacial score (nSPS) is 21.3. The van der Waals surface area contributed by atoms with Crippen LogP contribution in [0.3, 0.4) is 0 Å². The molecule has 1 aliphatic heterocycles. The minimum Gasteiger partial charge on any atom is -0.302 e. The molecule has 2 aromatic heterocycles. The highest BCUT2D eigenvalue weighted by atomic mass is 79.9. The van der Waals surface area contributed by atoms with Crippen LogP contribution in [0.25, 0.3) is 5.52 Å². The largest absolute Gasteiger partial charge is 0.302 e. The summed E-state index contributed by atoms with van der Waals surface area (Å²) in [4.78, 5) is 4.55. The van der Waals surface area contributed by atoms with Crippen molar-refractivity contribution in [3.63, 3.8) is 0 Å². The molecular formula is C11H11BrN2S. The molecule has 0 bridgehead atoms. The van der Waals surface area contributed by atoms with E-state index in [4.69, 9.17) is 0 Å². The molecule has 3 rings (SSSR count). The molecule has 0 radical (unpaired) electrons. The molecule has 1 aliphatic rings. The fourth-order valence-corrected chi connectivity index (χ4v) is 3.58. The number of hydrogen-bond acceptors (Lipinski definition) is 2. The summed E-state index contributed by atoms with van der Waals surface area (Å²) in [5.74, 6) is 4.34. The van der Waals surface area contributed by atoms with E-state index in [-0.39, 0.29) is 0 Å². The Hall–Kier alpha value is -0.480. The van der Waals surface area contributed by atoms with Gasteiger partial charge in [-0.25, -0.2) is 4.98 Å². The minimum atomic E-state index is 0.631. The maximum absolute atomic E-state index is 4.55. The van der Waals surface area contributed by atoms with Gasteiger partial charge in [-0.05, 0) is 40.2 Å². The van der Waals surface area contributed by atoms with E-state index in [1.165, 1.54) is 29.3 Å². The van der Waals surface area contributed by atoms with Crippen molar-refractivity contribution >= 4 is 33.2 Å². The molecule has 78 valence electrons. The predicted octanol–water partition coefficient (Wildman–Crippen LogP) is 3.32. The number of pyridine rings is 1. The predicted molar refractivity (Wildman–Crippen MR) is 67.6 cm³/mol. The van der Waals surface area contributed by atoms with Crippen molar-refractivity contribution in [2.75, 3.05) is 11.5 Å². The third-order valence-electron chi connectivity index (χ3n) is 2.81. The monoisotopic (exact) mass is 282 g/mol. The van der Waals surface area contributed by atoms with Crippen molar-refractivity contribution < 1.29 is 0 Å². The van der Waals surface area contributed by atoms with Gasteiger partial charge in [0.1, 0.15) is 5.82 Å². The van der Waals surface area contributed by atoms with E-state index in [9.17, 15) is 0 Å². The van der Waals surface area contributed by atoms with Crippen LogP contribution in [0, 0.1) is 0 Å². The topological polar surface area (TPSA) is 17.3 Å². The molecule has 1 fully saturated rings. The summed E-state index contributed by atoms with van der Waals surface area (Å²) in [5, 5.41) is 0. The van der Waals surface area contributed by atoms with E-state index in [1.54, 1.807) is 0 Å². The van der Waals surface area contributed by atoms with Gasteiger partial charge in [0.25, 0.3) is 0 Å². The maximum atomic E-state index is 4.55. The van der Waals surface area contributed by atoms with E-state index in [2.05, 4.69) is 43.6 Å². The van der Waals surface area contributed by atoms with Gasteiger partial charge in [0.2, 0.25) is 0 Å². The van der Waals surface area contributed by atoms with Crippen LogP contribution in [0.1, 0.15) is 18.2 Å². The van der Waals surface area contributed by atoms with E-state index in [1.807, 2.05) is 18.0 Å². The van der Waals surface area contributed by atoms with Gasteiger partial charge in [-0.3, -0.25) is 0 Å². The molecule has 2 aromatic rings. The smallest absolute Gasteiger partial charge is 0.117 e. The Morgan fingerprint density at radius 3 is 3.20 bits per heavy atom. The second-order valence-corrected chi connectivity index (χ2v) is 5.88. The molecule has 0 N–H and O–H groups in total. The number of nitrogens with zero attached hydrogens (tertiary/aromatic N) is 2. The molecule has 0 aromatic carbocycles. The lowest BCUT2D eigenvalue weighted by atomic mass is 10.1. The zero-order chi connectivity index (χ0) is 10.3. The fraction of sp³-hybridized carbons (Fsp3) is 0.364. The van der Waals surface area contributed by atoms with Crippen molar-refractivity contribution in [2.24, 2.45) is 0 Å². The van der Waals surface area contributed by atoms with Crippen LogP contribution in [0.5, 0.6) is 0 Å². The minimum absolute atomic E-state index is 0.631. The van der Waals surface area contributed by atoms with E-state index < -0.39 is 0 Å². The quantitative estimate of drug-likeness (QED) is 0.798. The van der Waals surface area contributed by atoms with Crippen molar-refractivity contribution in [1.29, 1.82) is 0 Å². The number of rotatable bonds is 1. The first-order valence-corrected chi connectivity index (χ1v) is 6.99. The Kier molecular flexibility index (Phi) is 2.48. The van der Waals surface area contributed by atoms with Crippen molar-refractivity contribution in [2.45, 2.75) is 12.3 Å². The van der Waals surface area contributed by atoms with E-state index in [0.717, 1.165) is 4.47 Å². The lowest BCUT2D eigenvalue weighted by molar-refractivity contribution is 0.713. The Labute approximate surface area is 101 Å². The number of thioether (sulfide) groups is 1. The average Bonchev–Trinajstić information content (AvgIpc) is 2.83. The fourth-order valence-electron chi connectivity index (χ4n) is 2.02. The second kappa shape index (κ2) is 3.83. The Bertz CT molecular complexity index is 488. The zero-order valence-electron chi connectivity index (χ0n) is 8.19. The lowest BCUT2D eigenvalue weighted by Crippen LogP contribution is -2.02. The standard InChI is InChI=1S/C11H11BrN2S/c12-9-1-2-10-5-13-11(14(10)6-9)8-3-4-15-7-8/h1-2,5-6,8H,3-4,7H2. The van der Waals surface area contributed by atoms with Crippen molar-refractivity contribution in [3.8, 4) is 0 Å². The van der Waals surface area contributed by atoms with Crippen molar-refractivity contribution in [1.82, 2.24) is 9.38 Å². The highest BCUT2D eigenvalue weighted by molar-refractivity contribution is 9.10. The summed E-state index contributed by atoms with van der Waals surface area (Å²) in [6, 6.07) is 4.16. The Morgan fingerprint density at radius 2 is 2.40 bits per heavy atom. The molecule has 2 nitrogen and oxygen atoms in total. The summed E-state index contributed by atoms with van der Waals surface area (Å²) in [6.45, 7) is 0. The highest BCUT2D eigenvalue weighted by Crippen LogP contribution is 2.32. The van der Waals surface area contributed by atoms with Gasteiger partial charge in [-0.2, -0.15) is 11.8 Å². The third kappa shape index (κ3) is 1.70. The molecule has 0 spiro atoms. The van der Waals surface area contributed by atoms with Gasteiger partial charge in [-0.1, -0.05) is 0 Å². The van der Waals surface area contributed by atoms with E-state index >= 15 is 0 Å². The summed E-state index contributed by atoms with van der Waals surface area (Å²) in [6.07, 6.45) is 5.34. The van der Waals surface area contributed by atoms with Crippen LogP contribution >= 0.6 is 27.7 Å². The third-order valence-corrected chi connectivity index (χ3v) is 4.45. The SMILES string of the molecule is Brc1ccc2cnc(C3CCSC3)n2c1. The summed E-state index contributed by atoms with van der Waals surface area (Å²) in [5.41, 5.74) is 1.19. The maximum Gasteiger partial charge on any atom is 0.117 e. The molecule has 4 heteroatoms. The summed E-state index contributed by atoms with van der Waals surface area (Å²) < 4.78 is 3.32. The first kappa shape index (κ1) is 9.73. The molecule has 0 saturated carbocycles. The average molecular weight is 283 g/mol. The lowest BCUT2D eigenvalue weighted by Gasteiger charge is -2.07. The summed E-state index contributed by atoms with van der Waals surface area (Å²) in [7, 11) is 0. The van der Waals surface area contributed by atoms with Crippen LogP contribution in [-0.2, 0) is 0 Å². The number of imidazole rings is 1. The zero-order valence-corrected chi connectivity index (χ0v) is 10.6. The number of halogens is 1. The van der Waals surface area contributed by atoms with Gasteiger partial charge in [0.05, 0.1) is 11.7 Å². The Morgan fingerprint density at radius 1 is 1.47 bits per heavy atom. The first-order chi connectivity index (χ1) is 7.34. The van der Waals surface area contributed by atoms with Gasteiger partial charge in [0.15, 0.2) is 0 Å². The first-order valence-electron chi connectivity index (χ1n) is 5.05. The molecule has 0 aliphatic carbocycles. The van der Waals surface area contributed by atoms with Crippen LogP contribution < -0.4 is 0 Å². The number of hydrogen-bond donors (Lipinski definition) is 0. The van der Waals surface area contributed by atoms with Crippen LogP contribution in [-0.4, -0.2) is 20.9 Å². The molecule has 0 amide bonds.